The second-order valence-electron chi connectivity index (χ2n) is 7.04. The number of anilines is 2. The topological polar surface area (TPSA) is 89.1 Å². The predicted octanol–water partition coefficient (Wildman–Crippen LogP) is 3.26. The van der Waals surface area contributed by atoms with Gasteiger partial charge in [-0.3, -0.25) is 4.79 Å². The number of amides is 1. The van der Waals surface area contributed by atoms with Crippen LogP contribution in [0.25, 0.3) is 16.9 Å². The van der Waals surface area contributed by atoms with Gasteiger partial charge in [-0.15, -0.1) is 0 Å². The Morgan fingerprint density at radius 3 is 2.72 bits per heavy atom. The molecule has 0 unspecified atom stereocenters. The van der Waals surface area contributed by atoms with Crippen molar-refractivity contribution in [2.75, 3.05) is 23.3 Å². The Labute approximate surface area is 167 Å². The zero-order valence-corrected chi connectivity index (χ0v) is 15.7. The van der Waals surface area contributed by atoms with Crippen molar-refractivity contribution in [1.29, 1.82) is 0 Å². The minimum Gasteiger partial charge on any atom is -0.423 e. The van der Waals surface area contributed by atoms with Crippen LogP contribution in [0.2, 0.25) is 0 Å². The first-order valence-corrected chi connectivity index (χ1v) is 9.64. The van der Waals surface area contributed by atoms with E-state index in [1.807, 2.05) is 36.4 Å². The van der Waals surface area contributed by atoms with Crippen molar-refractivity contribution in [3.8, 4) is 5.82 Å². The van der Waals surface area contributed by atoms with Crippen molar-refractivity contribution in [3.63, 3.8) is 0 Å². The molecule has 29 heavy (non-hydrogen) atoms. The molecule has 0 atom stereocenters. The molecule has 1 aliphatic heterocycles. The summed E-state index contributed by atoms with van der Waals surface area (Å²) >= 11 is 0. The highest BCUT2D eigenvalue weighted by Crippen LogP contribution is 2.27. The molecular formula is C21H20N6O2. The van der Waals surface area contributed by atoms with Crippen molar-refractivity contribution in [2.24, 2.45) is 5.92 Å². The molecule has 8 heteroatoms. The monoisotopic (exact) mass is 388 g/mol. The third-order valence-corrected chi connectivity index (χ3v) is 5.18. The molecule has 8 nitrogen and oxygen atoms in total. The number of nitrogens with one attached hydrogen (secondary N) is 1. The van der Waals surface area contributed by atoms with Crippen molar-refractivity contribution in [1.82, 2.24) is 19.7 Å². The lowest BCUT2D eigenvalue weighted by molar-refractivity contribution is -0.120. The highest BCUT2D eigenvalue weighted by Gasteiger charge is 2.27. The third-order valence-electron chi connectivity index (χ3n) is 5.18. The maximum Gasteiger partial charge on any atom is 0.298 e. The second-order valence-corrected chi connectivity index (χ2v) is 7.04. The van der Waals surface area contributed by atoms with E-state index in [9.17, 15) is 4.79 Å². The quantitative estimate of drug-likeness (QED) is 0.577. The van der Waals surface area contributed by atoms with Crippen LogP contribution in [0.4, 0.5) is 11.7 Å². The zero-order chi connectivity index (χ0) is 19.6. The number of fused-ring (bicyclic) bond motifs is 1. The maximum atomic E-state index is 12.8. The van der Waals surface area contributed by atoms with Crippen molar-refractivity contribution in [2.45, 2.75) is 12.8 Å². The summed E-state index contributed by atoms with van der Waals surface area (Å²) in [4.78, 5) is 23.9. The number of carbonyl (C=O) groups excluding carboxylic acids is 1. The number of carbonyl (C=O) groups is 1. The molecule has 0 spiro atoms. The summed E-state index contributed by atoms with van der Waals surface area (Å²) in [6.07, 6.45) is 6.65. The van der Waals surface area contributed by atoms with Crippen molar-refractivity contribution >= 4 is 28.7 Å². The zero-order valence-electron chi connectivity index (χ0n) is 15.7. The van der Waals surface area contributed by atoms with Crippen molar-refractivity contribution in [3.05, 3.63) is 61.1 Å². The molecule has 4 heterocycles. The van der Waals surface area contributed by atoms with Crippen LogP contribution in [0.1, 0.15) is 12.8 Å². The average Bonchev–Trinajstić information content (AvgIpc) is 3.44. The van der Waals surface area contributed by atoms with Gasteiger partial charge in [0.05, 0.1) is 5.69 Å². The van der Waals surface area contributed by atoms with Crippen LogP contribution in [0.15, 0.2) is 65.5 Å². The molecule has 0 radical (unpaired) electrons. The van der Waals surface area contributed by atoms with Gasteiger partial charge in [0.1, 0.15) is 5.52 Å². The average molecular weight is 388 g/mol. The van der Waals surface area contributed by atoms with Crippen LogP contribution in [0.5, 0.6) is 0 Å². The molecule has 1 aromatic carbocycles. The van der Waals surface area contributed by atoms with E-state index in [2.05, 4.69) is 25.3 Å². The normalized spacial score (nSPS) is 15.0. The van der Waals surface area contributed by atoms with E-state index in [0.29, 0.717) is 17.5 Å². The molecule has 1 saturated heterocycles. The predicted molar refractivity (Wildman–Crippen MR) is 109 cm³/mol. The SMILES string of the molecule is O=C(Nc1cccnc1-n1cccn1)C1CCN(c2nc3ccccc3o2)CC1. The summed E-state index contributed by atoms with van der Waals surface area (Å²) in [6, 6.07) is 13.8. The van der Waals surface area contributed by atoms with E-state index < -0.39 is 0 Å². The van der Waals surface area contributed by atoms with Gasteiger partial charge in [-0.1, -0.05) is 12.1 Å². The standard InChI is InChI=1S/C21H20N6O2/c28-20(24-17-6-3-10-22-19(17)27-12-4-11-23-27)15-8-13-26(14-9-15)21-25-16-5-1-2-7-18(16)29-21/h1-7,10-12,15H,8-9,13-14H2,(H,24,28). The minimum absolute atomic E-state index is 0.00335. The molecule has 4 aromatic rings. The van der Waals surface area contributed by atoms with Gasteiger partial charge in [0.2, 0.25) is 5.91 Å². The van der Waals surface area contributed by atoms with E-state index in [1.165, 1.54) is 0 Å². The maximum absolute atomic E-state index is 12.8. The third kappa shape index (κ3) is 3.44. The summed E-state index contributed by atoms with van der Waals surface area (Å²) in [5, 5.41) is 7.23. The Morgan fingerprint density at radius 1 is 1.07 bits per heavy atom. The summed E-state index contributed by atoms with van der Waals surface area (Å²) < 4.78 is 7.50. The van der Waals surface area contributed by atoms with Crippen molar-refractivity contribution < 1.29 is 9.21 Å². The molecule has 1 aliphatic rings. The number of oxazole rings is 1. The Bertz CT molecular complexity index is 1100. The molecule has 0 aliphatic carbocycles. The van der Waals surface area contributed by atoms with E-state index in [0.717, 1.165) is 37.0 Å². The van der Waals surface area contributed by atoms with Crippen LogP contribution >= 0.6 is 0 Å². The molecule has 0 saturated carbocycles. The van der Waals surface area contributed by atoms with Gasteiger partial charge < -0.3 is 14.6 Å². The molecule has 0 bridgehead atoms. The Balaban J connectivity index is 1.25. The second kappa shape index (κ2) is 7.38. The first kappa shape index (κ1) is 17.4. The highest BCUT2D eigenvalue weighted by atomic mass is 16.4. The number of hydrogen-bond donors (Lipinski definition) is 1. The van der Waals surface area contributed by atoms with E-state index >= 15 is 0 Å². The van der Waals surface area contributed by atoms with Crippen LogP contribution in [-0.4, -0.2) is 38.7 Å². The lowest BCUT2D eigenvalue weighted by atomic mass is 9.96. The smallest absolute Gasteiger partial charge is 0.298 e. The Morgan fingerprint density at radius 2 is 1.93 bits per heavy atom. The Kier molecular flexibility index (Phi) is 4.44. The molecule has 5 rings (SSSR count). The summed E-state index contributed by atoms with van der Waals surface area (Å²) in [6.45, 7) is 1.45. The number of piperidine rings is 1. The summed E-state index contributed by atoms with van der Waals surface area (Å²) in [7, 11) is 0. The van der Waals surface area contributed by atoms with Gasteiger partial charge in [0, 0.05) is 37.6 Å². The fourth-order valence-corrected chi connectivity index (χ4v) is 3.63. The number of aromatic nitrogens is 4. The number of hydrogen-bond acceptors (Lipinski definition) is 6. The molecule has 146 valence electrons. The van der Waals surface area contributed by atoms with Gasteiger partial charge in [-0.2, -0.15) is 10.1 Å². The Hall–Kier alpha value is -3.68. The van der Waals surface area contributed by atoms with Gasteiger partial charge >= 0.3 is 0 Å². The number of pyridine rings is 1. The minimum atomic E-state index is -0.0682. The lowest BCUT2D eigenvalue weighted by Gasteiger charge is -2.30. The van der Waals surface area contributed by atoms with Gasteiger partial charge in [0.25, 0.3) is 6.01 Å². The summed E-state index contributed by atoms with van der Waals surface area (Å²) in [5.41, 5.74) is 2.29. The molecule has 1 fully saturated rings. The molecular weight excluding hydrogens is 368 g/mol. The molecule has 3 aromatic heterocycles. The van der Waals surface area contributed by atoms with E-state index in [-0.39, 0.29) is 11.8 Å². The lowest BCUT2D eigenvalue weighted by Crippen LogP contribution is -2.38. The van der Waals surface area contributed by atoms with E-state index in [1.54, 1.807) is 29.3 Å². The van der Waals surface area contributed by atoms with E-state index in [4.69, 9.17) is 4.42 Å². The number of benzene rings is 1. The summed E-state index contributed by atoms with van der Waals surface area (Å²) in [5.74, 6) is 0.541. The van der Waals surface area contributed by atoms with Crippen LogP contribution < -0.4 is 10.2 Å². The van der Waals surface area contributed by atoms with Gasteiger partial charge in [0.15, 0.2) is 11.4 Å². The fourth-order valence-electron chi connectivity index (χ4n) is 3.63. The van der Waals surface area contributed by atoms with Crippen LogP contribution in [0, 0.1) is 5.92 Å². The fraction of sp³-hybridized carbons (Fsp3) is 0.238. The molecule has 1 amide bonds. The van der Waals surface area contributed by atoms with Crippen LogP contribution in [-0.2, 0) is 4.79 Å². The largest absolute Gasteiger partial charge is 0.423 e. The number of nitrogens with zero attached hydrogens (tertiary/aromatic N) is 5. The van der Waals surface area contributed by atoms with Crippen LogP contribution in [0.3, 0.4) is 0 Å². The van der Waals surface area contributed by atoms with Gasteiger partial charge in [-0.25, -0.2) is 9.67 Å². The first-order valence-electron chi connectivity index (χ1n) is 9.64. The van der Waals surface area contributed by atoms with Gasteiger partial charge in [-0.05, 0) is 43.2 Å². The number of rotatable bonds is 4. The first-order chi connectivity index (χ1) is 14.3. The number of para-hydroxylation sites is 2. The molecule has 1 N–H and O–H groups in total. The highest BCUT2D eigenvalue weighted by molar-refractivity contribution is 5.94.